The van der Waals surface area contributed by atoms with Gasteiger partial charge in [0.2, 0.25) is 0 Å². The monoisotopic (exact) mass is 384 g/mol. The summed E-state index contributed by atoms with van der Waals surface area (Å²) in [5.41, 5.74) is 5.18. The van der Waals surface area contributed by atoms with Crippen molar-refractivity contribution in [3.63, 3.8) is 0 Å². The van der Waals surface area contributed by atoms with E-state index in [0.29, 0.717) is 10.8 Å². The standard InChI is InChI=1S/C28H48/c1-19(2)8-7-9-21(4)24-12-13-25-23-11-10-22-18-20(3)14-16-27(22,5)26(23)15-17-28(24,25)6/h19-22,24-25H,7-18H2,1-6H3. The van der Waals surface area contributed by atoms with Gasteiger partial charge in [-0.1, -0.05) is 72.0 Å². The summed E-state index contributed by atoms with van der Waals surface area (Å²) < 4.78 is 0. The molecule has 7 atom stereocenters. The molecule has 0 amide bonds. The number of hydrogen-bond donors (Lipinski definition) is 0. The highest BCUT2D eigenvalue weighted by Gasteiger charge is 2.55. The lowest BCUT2D eigenvalue weighted by Gasteiger charge is -2.55. The SMILES string of the molecule is CC(C)CCCC(C)C1CCC2C3=C(CCC21C)C1(C)CCC(C)CC1CC3. The van der Waals surface area contributed by atoms with Gasteiger partial charge in [-0.25, -0.2) is 0 Å². The molecule has 0 nitrogen and oxygen atoms in total. The van der Waals surface area contributed by atoms with Gasteiger partial charge >= 0.3 is 0 Å². The summed E-state index contributed by atoms with van der Waals surface area (Å²) in [5.74, 6) is 5.68. The zero-order chi connectivity index (χ0) is 20.1. The van der Waals surface area contributed by atoms with Gasteiger partial charge in [-0.3, -0.25) is 0 Å². The summed E-state index contributed by atoms with van der Waals surface area (Å²) in [6.07, 6.45) is 17.7. The third-order valence-electron chi connectivity index (χ3n) is 10.5. The zero-order valence-corrected chi connectivity index (χ0v) is 19.9. The van der Waals surface area contributed by atoms with Crippen LogP contribution in [0.4, 0.5) is 0 Å². The van der Waals surface area contributed by atoms with E-state index < -0.39 is 0 Å². The molecule has 0 saturated heterocycles. The second-order valence-electron chi connectivity index (χ2n) is 12.6. The lowest BCUT2D eigenvalue weighted by Crippen LogP contribution is -2.44. The molecule has 0 bridgehead atoms. The van der Waals surface area contributed by atoms with Crippen LogP contribution in [0.25, 0.3) is 0 Å². The van der Waals surface area contributed by atoms with Gasteiger partial charge in [0, 0.05) is 0 Å². The number of fused-ring (bicyclic) bond motifs is 4. The third kappa shape index (κ3) is 3.43. The number of hydrogen-bond acceptors (Lipinski definition) is 0. The van der Waals surface area contributed by atoms with Crippen LogP contribution < -0.4 is 0 Å². The summed E-state index contributed by atoms with van der Waals surface area (Å²) in [4.78, 5) is 0. The largest absolute Gasteiger partial charge is 0.0668 e. The molecule has 0 radical (unpaired) electrons. The van der Waals surface area contributed by atoms with Gasteiger partial charge in [0.15, 0.2) is 0 Å². The van der Waals surface area contributed by atoms with Crippen LogP contribution in [0.15, 0.2) is 11.1 Å². The van der Waals surface area contributed by atoms with E-state index >= 15 is 0 Å². The Morgan fingerprint density at radius 2 is 1.71 bits per heavy atom. The molecule has 4 aliphatic rings. The van der Waals surface area contributed by atoms with Crippen molar-refractivity contribution in [3.05, 3.63) is 11.1 Å². The van der Waals surface area contributed by atoms with Gasteiger partial charge in [0.25, 0.3) is 0 Å². The molecule has 0 N–H and O–H groups in total. The smallest absolute Gasteiger partial charge is 0.00850 e. The van der Waals surface area contributed by atoms with E-state index in [1.165, 1.54) is 77.0 Å². The maximum atomic E-state index is 2.72. The predicted octanol–water partition coefficient (Wildman–Crippen LogP) is 8.81. The molecule has 28 heavy (non-hydrogen) atoms. The fourth-order valence-electron chi connectivity index (χ4n) is 8.70. The maximum Gasteiger partial charge on any atom is -0.00850 e. The average molecular weight is 385 g/mol. The minimum absolute atomic E-state index is 0.572. The normalized spacial score (nSPS) is 44.2. The highest BCUT2D eigenvalue weighted by molar-refractivity contribution is 5.34. The summed E-state index contributed by atoms with van der Waals surface area (Å²) in [6.45, 7) is 15.3. The Bertz CT molecular complexity index is 597. The lowest BCUT2D eigenvalue weighted by molar-refractivity contribution is 0.0549. The van der Waals surface area contributed by atoms with Crippen LogP contribution in [0.2, 0.25) is 0 Å². The summed E-state index contributed by atoms with van der Waals surface area (Å²) in [7, 11) is 0. The topological polar surface area (TPSA) is 0 Å². The molecule has 0 aromatic rings. The Balaban J connectivity index is 1.52. The van der Waals surface area contributed by atoms with Gasteiger partial charge in [-0.05, 0) is 104 Å². The van der Waals surface area contributed by atoms with E-state index in [1.54, 1.807) is 0 Å². The van der Waals surface area contributed by atoms with Crippen molar-refractivity contribution < 1.29 is 0 Å². The Labute approximate surface area is 176 Å². The lowest BCUT2D eigenvalue weighted by atomic mass is 9.50. The first-order valence-corrected chi connectivity index (χ1v) is 13.0. The third-order valence-corrected chi connectivity index (χ3v) is 10.5. The van der Waals surface area contributed by atoms with Crippen molar-refractivity contribution in [2.24, 2.45) is 46.3 Å². The Morgan fingerprint density at radius 1 is 0.929 bits per heavy atom. The molecule has 4 rings (SSSR count). The summed E-state index contributed by atoms with van der Waals surface area (Å²) in [5, 5.41) is 0. The first-order valence-electron chi connectivity index (χ1n) is 13.0. The molecule has 2 saturated carbocycles. The predicted molar refractivity (Wildman–Crippen MR) is 122 cm³/mol. The second kappa shape index (κ2) is 7.77. The Hall–Kier alpha value is -0.260. The van der Waals surface area contributed by atoms with Crippen LogP contribution in [0.1, 0.15) is 119 Å². The van der Waals surface area contributed by atoms with Crippen LogP contribution in [-0.2, 0) is 0 Å². The molecule has 0 spiro atoms. The van der Waals surface area contributed by atoms with Crippen molar-refractivity contribution in [1.82, 2.24) is 0 Å². The van der Waals surface area contributed by atoms with E-state index in [-0.39, 0.29) is 0 Å². The summed E-state index contributed by atoms with van der Waals surface area (Å²) >= 11 is 0. The van der Waals surface area contributed by atoms with Crippen LogP contribution in [0, 0.1) is 46.3 Å². The minimum atomic E-state index is 0.572. The van der Waals surface area contributed by atoms with E-state index in [0.717, 1.165) is 35.5 Å². The van der Waals surface area contributed by atoms with E-state index in [2.05, 4.69) is 41.5 Å². The van der Waals surface area contributed by atoms with Crippen LogP contribution in [0.5, 0.6) is 0 Å². The molecule has 4 aliphatic carbocycles. The minimum Gasteiger partial charge on any atom is -0.0668 e. The van der Waals surface area contributed by atoms with Crippen molar-refractivity contribution in [3.8, 4) is 0 Å². The number of rotatable bonds is 5. The highest BCUT2D eigenvalue weighted by Crippen LogP contribution is 2.66. The van der Waals surface area contributed by atoms with Gasteiger partial charge in [0.1, 0.15) is 0 Å². The molecule has 2 fully saturated rings. The van der Waals surface area contributed by atoms with Gasteiger partial charge < -0.3 is 0 Å². The zero-order valence-electron chi connectivity index (χ0n) is 19.9. The quantitative estimate of drug-likeness (QED) is 0.415. The summed E-state index contributed by atoms with van der Waals surface area (Å²) in [6, 6.07) is 0. The Morgan fingerprint density at radius 3 is 2.46 bits per heavy atom. The molecule has 0 aliphatic heterocycles. The molecular formula is C28H48. The second-order valence-corrected chi connectivity index (χ2v) is 12.6. The average Bonchev–Trinajstić information content (AvgIpc) is 2.99. The van der Waals surface area contributed by atoms with Crippen molar-refractivity contribution >= 4 is 0 Å². The molecular weight excluding hydrogens is 336 g/mol. The highest BCUT2D eigenvalue weighted by atomic mass is 14.6. The Kier molecular flexibility index (Phi) is 5.83. The van der Waals surface area contributed by atoms with E-state index in [4.69, 9.17) is 0 Å². The molecule has 7 unspecified atom stereocenters. The van der Waals surface area contributed by atoms with Crippen molar-refractivity contribution in [2.45, 2.75) is 119 Å². The molecule has 0 heterocycles. The fraction of sp³-hybridized carbons (Fsp3) is 0.929. The van der Waals surface area contributed by atoms with E-state index in [1.807, 2.05) is 11.1 Å². The molecule has 0 aromatic heterocycles. The van der Waals surface area contributed by atoms with Gasteiger partial charge in [-0.2, -0.15) is 0 Å². The van der Waals surface area contributed by atoms with Crippen molar-refractivity contribution in [2.75, 3.05) is 0 Å². The molecule has 0 aromatic carbocycles. The van der Waals surface area contributed by atoms with Crippen LogP contribution in [-0.4, -0.2) is 0 Å². The molecule has 0 heteroatoms. The number of allylic oxidation sites excluding steroid dienone is 2. The van der Waals surface area contributed by atoms with Gasteiger partial charge in [-0.15, -0.1) is 0 Å². The van der Waals surface area contributed by atoms with Crippen molar-refractivity contribution in [1.29, 1.82) is 0 Å². The van der Waals surface area contributed by atoms with Crippen LogP contribution in [0.3, 0.4) is 0 Å². The maximum absolute atomic E-state index is 2.72. The first kappa shape index (κ1) is 21.0. The fourth-order valence-corrected chi connectivity index (χ4v) is 8.70. The van der Waals surface area contributed by atoms with E-state index in [9.17, 15) is 0 Å². The molecule has 160 valence electrons. The van der Waals surface area contributed by atoms with Gasteiger partial charge in [0.05, 0.1) is 0 Å². The van der Waals surface area contributed by atoms with Crippen LogP contribution >= 0.6 is 0 Å². The first-order chi connectivity index (χ1) is 13.3.